The van der Waals surface area contributed by atoms with Gasteiger partial charge in [0.05, 0.1) is 5.69 Å². The number of nitrogens with zero attached hydrogens (tertiary/aromatic N) is 4. The summed E-state index contributed by atoms with van der Waals surface area (Å²) in [6, 6.07) is 10.9. The number of rotatable bonds is 3. The van der Waals surface area contributed by atoms with Crippen molar-refractivity contribution >= 4 is 12.0 Å². The minimum atomic E-state index is -1.10. The van der Waals surface area contributed by atoms with Gasteiger partial charge in [-0.15, -0.1) is 15.0 Å². The number of nitriles is 1. The zero-order chi connectivity index (χ0) is 13.0. The van der Waals surface area contributed by atoms with E-state index in [9.17, 15) is 4.79 Å². The molecule has 2 aromatic rings. The van der Waals surface area contributed by atoms with E-state index in [-0.39, 0.29) is 11.4 Å². The topological polar surface area (TPSA) is 91.8 Å². The molecule has 1 N–H and O–H groups in total. The average molecular weight is 240 g/mol. The minimum absolute atomic E-state index is 0.0800. The molecule has 0 fully saturated rings. The van der Waals surface area contributed by atoms with Crippen LogP contribution in [0, 0.1) is 11.3 Å². The quantitative estimate of drug-likeness (QED) is 0.815. The van der Waals surface area contributed by atoms with E-state index in [0.29, 0.717) is 5.69 Å². The zero-order valence-corrected chi connectivity index (χ0v) is 9.19. The van der Waals surface area contributed by atoms with Gasteiger partial charge in [0, 0.05) is 6.08 Å². The molecule has 0 aliphatic carbocycles. The van der Waals surface area contributed by atoms with Gasteiger partial charge < -0.3 is 5.11 Å². The second-order valence-corrected chi connectivity index (χ2v) is 3.34. The lowest BCUT2D eigenvalue weighted by Crippen LogP contribution is -1.98. The zero-order valence-electron chi connectivity index (χ0n) is 9.19. The molecule has 18 heavy (non-hydrogen) atoms. The second-order valence-electron chi connectivity index (χ2n) is 3.34. The maximum absolute atomic E-state index is 10.4. The van der Waals surface area contributed by atoms with Crippen molar-refractivity contribution < 1.29 is 9.90 Å². The Morgan fingerprint density at radius 2 is 2.06 bits per heavy atom. The van der Waals surface area contributed by atoms with Crippen LogP contribution in [0.15, 0.2) is 36.4 Å². The number of carboxylic acid groups (broad SMARTS) is 1. The van der Waals surface area contributed by atoms with Crippen LogP contribution >= 0.6 is 0 Å². The maximum atomic E-state index is 10.4. The first-order valence-electron chi connectivity index (χ1n) is 5.04. The van der Waals surface area contributed by atoms with E-state index in [4.69, 9.17) is 10.4 Å². The molecular weight excluding hydrogens is 232 g/mol. The van der Waals surface area contributed by atoms with E-state index in [2.05, 4.69) is 10.2 Å². The van der Waals surface area contributed by atoms with E-state index >= 15 is 0 Å². The SMILES string of the molecule is N#Cc1nn(-c2ccccc2)nc1/C=C\C(=O)O. The molecule has 0 aliphatic rings. The van der Waals surface area contributed by atoms with Gasteiger partial charge in [-0.2, -0.15) is 5.26 Å². The Balaban J connectivity index is 2.42. The lowest BCUT2D eigenvalue weighted by molar-refractivity contribution is -0.131. The van der Waals surface area contributed by atoms with Crippen LogP contribution in [-0.2, 0) is 4.79 Å². The third-order valence-corrected chi connectivity index (χ3v) is 2.12. The summed E-state index contributed by atoms with van der Waals surface area (Å²) in [5.74, 6) is -1.10. The first-order valence-corrected chi connectivity index (χ1v) is 5.04. The average Bonchev–Trinajstić information content (AvgIpc) is 2.80. The van der Waals surface area contributed by atoms with Crippen LogP contribution in [-0.4, -0.2) is 26.1 Å². The van der Waals surface area contributed by atoms with Gasteiger partial charge in [-0.1, -0.05) is 18.2 Å². The van der Waals surface area contributed by atoms with E-state index in [1.54, 1.807) is 12.1 Å². The Labute approximate surface area is 102 Å². The largest absolute Gasteiger partial charge is 0.478 e. The van der Waals surface area contributed by atoms with Crippen LogP contribution in [0.3, 0.4) is 0 Å². The molecule has 2 rings (SSSR count). The number of carbonyl (C=O) groups is 1. The van der Waals surface area contributed by atoms with Crippen LogP contribution in [0.5, 0.6) is 0 Å². The summed E-state index contributed by atoms with van der Waals surface area (Å²) in [4.78, 5) is 11.7. The number of aliphatic carboxylic acids is 1. The fourth-order valence-corrected chi connectivity index (χ4v) is 1.34. The van der Waals surface area contributed by atoms with Crippen LogP contribution in [0.2, 0.25) is 0 Å². The Morgan fingerprint density at radius 3 is 2.67 bits per heavy atom. The third-order valence-electron chi connectivity index (χ3n) is 2.12. The number of para-hydroxylation sites is 1. The van der Waals surface area contributed by atoms with E-state index in [1.165, 1.54) is 10.9 Å². The lowest BCUT2D eigenvalue weighted by atomic mass is 10.3. The summed E-state index contributed by atoms with van der Waals surface area (Å²) in [5.41, 5.74) is 1.00. The van der Waals surface area contributed by atoms with Gasteiger partial charge in [0.1, 0.15) is 11.8 Å². The predicted octanol–water partition coefficient (Wildman–Crippen LogP) is 1.24. The fourth-order valence-electron chi connectivity index (χ4n) is 1.34. The van der Waals surface area contributed by atoms with Crippen molar-refractivity contribution in [3.63, 3.8) is 0 Å². The highest BCUT2D eigenvalue weighted by molar-refractivity contribution is 5.85. The molecule has 1 aromatic carbocycles. The van der Waals surface area contributed by atoms with E-state index < -0.39 is 5.97 Å². The monoisotopic (exact) mass is 240 g/mol. The van der Waals surface area contributed by atoms with Crippen LogP contribution in [0.4, 0.5) is 0 Å². The van der Waals surface area contributed by atoms with Gasteiger partial charge in [-0.05, 0) is 18.2 Å². The molecule has 0 saturated heterocycles. The smallest absolute Gasteiger partial charge is 0.328 e. The molecule has 0 spiro atoms. The van der Waals surface area contributed by atoms with Gasteiger partial charge in [-0.3, -0.25) is 0 Å². The predicted molar refractivity (Wildman–Crippen MR) is 62.7 cm³/mol. The van der Waals surface area contributed by atoms with Crippen LogP contribution in [0.25, 0.3) is 11.8 Å². The second kappa shape index (κ2) is 4.93. The molecule has 0 amide bonds. The van der Waals surface area contributed by atoms with Crippen molar-refractivity contribution in [2.45, 2.75) is 0 Å². The molecule has 0 saturated carbocycles. The normalized spacial score (nSPS) is 10.4. The Bertz CT molecular complexity index is 638. The van der Waals surface area contributed by atoms with Gasteiger partial charge in [-0.25, -0.2) is 4.79 Å². The Morgan fingerprint density at radius 1 is 1.33 bits per heavy atom. The lowest BCUT2D eigenvalue weighted by Gasteiger charge is -1.96. The first-order chi connectivity index (χ1) is 8.70. The highest BCUT2D eigenvalue weighted by Crippen LogP contribution is 2.09. The number of benzene rings is 1. The molecule has 0 bridgehead atoms. The van der Waals surface area contributed by atoms with Crippen LogP contribution < -0.4 is 0 Å². The minimum Gasteiger partial charge on any atom is -0.478 e. The summed E-state index contributed by atoms with van der Waals surface area (Å²) in [5, 5.41) is 25.5. The van der Waals surface area contributed by atoms with Gasteiger partial charge in [0.15, 0.2) is 5.69 Å². The summed E-state index contributed by atoms with van der Waals surface area (Å²) >= 11 is 0. The molecule has 6 heteroatoms. The summed E-state index contributed by atoms with van der Waals surface area (Å²) in [6.45, 7) is 0. The van der Waals surface area contributed by atoms with Crippen LogP contribution in [0.1, 0.15) is 11.4 Å². The van der Waals surface area contributed by atoms with E-state index in [1.807, 2.05) is 24.3 Å². The number of aromatic nitrogens is 3. The van der Waals surface area contributed by atoms with Crippen molar-refractivity contribution in [1.82, 2.24) is 15.0 Å². The van der Waals surface area contributed by atoms with Crippen molar-refractivity contribution in [2.24, 2.45) is 0 Å². The number of carboxylic acids is 1. The molecule has 6 nitrogen and oxygen atoms in total. The van der Waals surface area contributed by atoms with Crippen molar-refractivity contribution in [3.8, 4) is 11.8 Å². The van der Waals surface area contributed by atoms with E-state index in [0.717, 1.165) is 6.08 Å². The highest BCUT2D eigenvalue weighted by Gasteiger charge is 2.09. The van der Waals surface area contributed by atoms with Gasteiger partial charge in [0.2, 0.25) is 0 Å². The van der Waals surface area contributed by atoms with Crippen molar-refractivity contribution in [1.29, 1.82) is 5.26 Å². The van der Waals surface area contributed by atoms with Gasteiger partial charge >= 0.3 is 5.97 Å². The maximum Gasteiger partial charge on any atom is 0.328 e. The van der Waals surface area contributed by atoms with Crippen molar-refractivity contribution in [2.75, 3.05) is 0 Å². The summed E-state index contributed by atoms with van der Waals surface area (Å²) in [6.07, 6.45) is 2.16. The third kappa shape index (κ3) is 2.41. The first kappa shape index (κ1) is 11.5. The summed E-state index contributed by atoms with van der Waals surface area (Å²) in [7, 11) is 0. The Kier molecular flexibility index (Phi) is 3.16. The van der Waals surface area contributed by atoms with Gasteiger partial charge in [0.25, 0.3) is 0 Å². The molecule has 88 valence electrons. The summed E-state index contributed by atoms with van der Waals surface area (Å²) < 4.78 is 0. The standard InChI is InChI=1S/C12H8N4O2/c13-8-11-10(6-7-12(17)18)14-16(15-11)9-4-2-1-3-5-9/h1-7H,(H,17,18)/b7-6-. The number of hydrogen-bond acceptors (Lipinski definition) is 4. The molecule has 0 unspecified atom stereocenters. The molecule has 0 aliphatic heterocycles. The number of hydrogen-bond donors (Lipinski definition) is 1. The fraction of sp³-hybridized carbons (Fsp3) is 0. The Hall–Kier alpha value is -2.94. The highest BCUT2D eigenvalue weighted by atomic mass is 16.4. The molecular formula is C12H8N4O2. The molecule has 0 atom stereocenters. The molecule has 1 aromatic heterocycles. The van der Waals surface area contributed by atoms with Crippen molar-refractivity contribution in [3.05, 3.63) is 47.8 Å². The molecule has 1 heterocycles. The molecule has 0 radical (unpaired) electrons.